The largest absolute Gasteiger partial charge is 0.437 e. The van der Waals surface area contributed by atoms with E-state index in [1.54, 1.807) is 13.8 Å². The summed E-state index contributed by atoms with van der Waals surface area (Å²) in [6.45, 7) is 4.99. The number of Topliss-reactive ketones (excluding diaryl/α,β-unsaturated/α-hetero) is 1. The van der Waals surface area contributed by atoms with Crippen molar-refractivity contribution in [2.75, 3.05) is 0 Å². The molecule has 0 fully saturated rings. The molecule has 0 rings (SSSR count). The normalized spacial score (nSPS) is 12.4. The number of ether oxygens (including phenoxy) is 1. The number of amides is 1. The minimum absolute atomic E-state index is 0.0202. The van der Waals surface area contributed by atoms with E-state index < -0.39 is 12.2 Å². The maximum Gasteiger partial charge on any atom is 0.417 e. The summed E-state index contributed by atoms with van der Waals surface area (Å²) in [5.41, 5.74) is 0. The van der Waals surface area contributed by atoms with Crippen LogP contribution in [0.25, 0.3) is 0 Å². The molecule has 1 amide bonds. The molecule has 0 spiro atoms. The van der Waals surface area contributed by atoms with Gasteiger partial charge in [-0.05, 0) is 12.8 Å². The van der Waals surface area contributed by atoms with E-state index in [0.29, 0.717) is 0 Å². The third-order valence-corrected chi connectivity index (χ3v) is 1.51. The summed E-state index contributed by atoms with van der Waals surface area (Å²) in [6, 6.07) is 0. The lowest BCUT2D eigenvalue weighted by atomic mass is 10.0. The molecule has 0 saturated heterocycles. The summed E-state index contributed by atoms with van der Waals surface area (Å²) < 4.78 is 6.73. The summed E-state index contributed by atoms with van der Waals surface area (Å²) in [5.74, 6) is -0.185. The van der Waals surface area contributed by atoms with Gasteiger partial charge in [0.2, 0.25) is 0 Å². The highest BCUT2D eigenvalue weighted by Gasteiger charge is 2.22. The Morgan fingerprint density at radius 1 is 1.42 bits per heavy atom. The number of ketones is 1. The van der Waals surface area contributed by atoms with Gasteiger partial charge in [-0.25, -0.2) is 4.79 Å². The number of rotatable bonds is 3. The number of thiol groups is 1. The lowest BCUT2D eigenvalue weighted by Crippen LogP contribution is -2.32. The Kier molecular flexibility index (Phi) is 4.73. The minimum atomic E-state index is -0.702. The molecule has 70 valence electrons. The molecule has 12 heavy (non-hydrogen) atoms. The molecule has 0 aromatic rings. The fraction of sp³-hybridized carbons (Fsp3) is 0.714. The van der Waals surface area contributed by atoms with E-state index in [4.69, 9.17) is 4.74 Å². The van der Waals surface area contributed by atoms with E-state index >= 15 is 0 Å². The van der Waals surface area contributed by atoms with Crippen molar-refractivity contribution in [3.8, 4) is 0 Å². The van der Waals surface area contributed by atoms with E-state index in [1.807, 2.05) is 4.72 Å². The van der Waals surface area contributed by atoms with Crippen LogP contribution < -0.4 is 4.72 Å². The molecule has 0 aromatic carbocycles. The van der Waals surface area contributed by atoms with Crippen LogP contribution in [0.5, 0.6) is 0 Å². The molecule has 5 heteroatoms. The van der Waals surface area contributed by atoms with Gasteiger partial charge in [0.05, 0.1) is 0 Å². The fourth-order valence-electron chi connectivity index (χ4n) is 0.830. The van der Waals surface area contributed by atoms with Crippen molar-refractivity contribution in [3.63, 3.8) is 0 Å². The van der Waals surface area contributed by atoms with Crippen LogP contribution in [0.1, 0.15) is 20.8 Å². The van der Waals surface area contributed by atoms with Crippen LogP contribution in [0.4, 0.5) is 4.79 Å². The van der Waals surface area contributed by atoms with Crippen molar-refractivity contribution in [2.45, 2.75) is 26.9 Å². The summed E-state index contributed by atoms with van der Waals surface area (Å²) in [4.78, 5) is 21.6. The zero-order valence-corrected chi connectivity index (χ0v) is 8.22. The van der Waals surface area contributed by atoms with Crippen molar-refractivity contribution >= 4 is 24.7 Å². The smallest absolute Gasteiger partial charge is 0.417 e. The molecule has 4 nitrogen and oxygen atoms in total. The zero-order chi connectivity index (χ0) is 9.72. The maximum absolute atomic E-state index is 10.9. The van der Waals surface area contributed by atoms with Crippen molar-refractivity contribution in [1.29, 1.82) is 0 Å². The van der Waals surface area contributed by atoms with Crippen molar-refractivity contribution in [3.05, 3.63) is 0 Å². The molecular formula is C7H13NO3S. The van der Waals surface area contributed by atoms with Crippen LogP contribution in [0.3, 0.4) is 0 Å². The monoisotopic (exact) mass is 191 g/mol. The van der Waals surface area contributed by atoms with E-state index in [2.05, 4.69) is 12.8 Å². The Hall–Kier alpha value is -0.710. The predicted molar refractivity (Wildman–Crippen MR) is 47.9 cm³/mol. The van der Waals surface area contributed by atoms with E-state index in [1.165, 1.54) is 6.92 Å². The highest BCUT2D eigenvalue weighted by Crippen LogP contribution is 2.07. The second kappa shape index (κ2) is 5.03. The second-order valence-corrected chi connectivity index (χ2v) is 3.02. The fourth-order valence-corrected chi connectivity index (χ4v) is 0.883. The van der Waals surface area contributed by atoms with Gasteiger partial charge in [0.1, 0.15) is 0 Å². The SMILES string of the molecule is CC(=O)C(OC(=O)NS)C(C)C. The third-order valence-electron chi connectivity index (χ3n) is 1.33. The van der Waals surface area contributed by atoms with E-state index in [0.717, 1.165) is 0 Å². The highest BCUT2D eigenvalue weighted by molar-refractivity contribution is 7.78. The number of hydrogen-bond donors (Lipinski definition) is 2. The van der Waals surface area contributed by atoms with Gasteiger partial charge in [-0.3, -0.25) is 9.52 Å². The van der Waals surface area contributed by atoms with Gasteiger partial charge in [0.25, 0.3) is 0 Å². The first-order valence-electron chi connectivity index (χ1n) is 3.60. The minimum Gasteiger partial charge on any atom is -0.437 e. The third kappa shape index (κ3) is 3.61. The molecule has 0 saturated carbocycles. The van der Waals surface area contributed by atoms with Crippen LogP contribution in [0, 0.1) is 5.92 Å². The lowest BCUT2D eigenvalue weighted by molar-refractivity contribution is -0.127. The molecule has 0 aromatic heterocycles. The van der Waals surface area contributed by atoms with Gasteiger partial charge in [-0.2, -0.15) is 0 Å². The van der Waals surface area contributed by atoms with E-state index in [-0.39, 0.29) is 11.7 Å². The molecule has 0 heterocycles. The Morgan fingerprint density at radius 3 is 2.17 bits per heavy atom. The summed E-state index contributed by atoms with van der Waals surface area (Å²) >= 11 is 3.49. The second-order valence-electron chi connectivity index (χ2n) is 2.79. The quantitative estimate of drug-likeness (QED) is 0.658. The first-order chi connectivity index (χ1) is 5.49. The molecule has 0 radical (unpaired) electrons. The van der Waals surface area contributed by atoms with Gasteiger partial charge in [-0.1, -0.05) is 26.7 Å². The standard InChI is InChI=1S/C7H13NO3S/c1-4(2)6(5(3)9)11-7(10)8-12/h4,6,12H,1-3H3,(H,8,10). The molecule has 1 unspecified atom stereocenters. The number of carbonyl (C=O) groups excluding carboxylic acids is 2. The first-order valence-corrected chi connectivity index (χ1v) is 4.05. The van der Waals surface area contributed by atoms with Gasteiger partial charge in [0, 0.05) is 0 Å². The highest BCUT2D eigenvalue weighted by atomic mass is 32.1. The van der Waals surface area contributed by atoms with Crippen LogP contribution in [0.15, 0.2) is 0 Å². The topological polar surface area (TPSA) is 55.4 Å². The average molecular weight is 191 g/mol. The van der Waals surface area contributed by atoms with Gasteiger partial charge in [-0.15, -0.1) is 0 Å². The average Bonchev–Trinajstić information content (AvgIpc) is 1.98. The maximum atomic E-state index is 10.9. The Bertz CT molecular complexity index is 181. The van der Waals surface area contributed by atoms with Gasteiger partial charge >= 0.3 is 6.09 Å². The van der Waals surface area contributed by atoms with Crippen LogP contribution in [-0.2, 0) is 9.53 Å². The summed E-state index contributed by atoms with van der Waals surface area (Å²) in [6.07, 6.45) is -1.38. The number of hydrogen-bond acceptors (Lipinski definition) is 4. The van der Waals surface area contributed by atoms with Gasteiger partial charge < -0.3 is 4.74 Å². The first kappa shape index (κ1) is 11.3. The van der Waals surface area contributed by atoms with Crippen molar-refractivity contribution in [2.24, 2.45) is 5.92 Å². The molecule has 1 N–H and O–H groups in total. The molecule has 0 bridgehead atoms. The van der Waals surface area contributed by atoms with Crippen LogP contribution in [0.2, 0.25) is 0 Å². The van der Waals surface area contributed by atoms with Gasteiger partial charge in [0.15, 0.2) is 11.9 Å². The molecule has 0 aliphatic rings. The molecule has 0 aliphatic heterocycles. The predicted octanol–water partition coefficient (Wildman–Crippen LogP) is 1.17. The summed E-state index contributed by atoms with van der Waals surface area (Å²) in [7, 11) is 0. The Labute approximate surface area is 77.2 Å². The van der Waals surface area contributed by atoms with Crippen LogP contribution >= 0.6 is 12.8 Å². The molecular weight excluding hydrogens is 178 g/mol. The zero-order valence-electron chi connectivity index (χ0n) is 7.33. The van der Waals surface area contributed by atoms with Crippen molar-refractivity contribution in [1.82, 2.24) is 4.72 Å². The molecule has 0 aliphatic carbocycles. The van der Waals surface area contributed by atoms with Crippen molar-refractivity contribution < 1.29 is 14.3 Å². The number of carbonyl (C=O) groups is 2. The lowest BCUT2D eigenvalue weighted by Gasteiger charge is -2.17. The Morgan fingerprint density at radius 2 is 1.92 bits per heavy atom. The van der Waals surface area contributed by atoms with E-state index in [9.17, 15) is 9.59 Å². The summed E-state index contributed by atoms with van der Waals surface area (Å²) in [5, 5.41) is 0. The molecule has 1 atom stereocenters. The van der Waals surface area contributed by atoms with Crippen LogP contribution in [-0.4, -0.2) is 18.0 Å². The Balaban J connectivity index is 4.14. The number of nitrogens with one attached hydrogen (secondary N) is 1.